The summed E-state index contributed by atoms with van der Waals surface area (Å²) in [5.41, 5.74) is 0. The van der Waals surface area contributed by atoms with Crippen LogP contribution in [0.2, 0.25) is 0 Å². The second-order valence-electron chi connectivity index (χ2n) is 16.2. The smallest absolute Gasteiger partial charge is 0.220 e. The second kappa shape index (κ2) is 30.9. The molecule has 2 aliphatic rings. The number of aliphatic hydroxyl groups excluding tert-OH is 8. The van der Waals surface area contributed by atoms with Crippen LogP contribution in [-0.2, 0) is 23.7 Å². The lowest BCUT2D eigenvalue weighted by molar-refractivity contribution is -0.359. The number of hydrogen-bond donors (Lipinski definition) is 9. The number of hydrogen-bond acceptors (Lipinski definition) is 13. The van der Waals surface area contributed by atoms with E-state index in [1.807, 2.05) is 0 Å². The molecule has 12 atom stereocenters. The van der Waals surface area contributed by atoms with Gasteiger partial charge in [-0.1, -0.05) is 149 Å². The Morgan fingerprint density at radius 1 is 0.571 bits per heavy atom. The zero-order chi connectivity index (χ0) is 41.1. The summed E-state index contributed by atoms with van der Waals surface area (Å²) in [7, 11) is 0. The summed E-state index contributed by atoms with van der Waals surface area (Å²) in [6.07, 6.45) is 10.1. The Kier molecular flexibility index (Phi) is 28.3. The Labute approximate surface area is 336 Å². The van der Waals surface area contributed by atoms with E-state index in [9.17, 15) is 45.6 Å². The van der Waals surface area contributed by atoms with Gasteiger partial charge in [-0.25, -0.2) is 0 Å². The molecule has 2 rings (SSSR count). The van der Waals surface area contributed by atoms with Gasteiger partial charge in [0.05, 0.1) is 32.0 Å². The molecule has 9 N–H and O–H groups in total. The summed E-state index contributed by atoms with van der Waals surface area (Å²) >= 11 is 0. The predicted octanol–water partition coefficient (Wildman–Crippen LogP) is 3.88. The highest BCUT2D eigenvalue weighted by atomic mass is 16.7. The van der Waals surface area contributed by atoms with Crippen molar-refractivity contribution in [2.75, 3.05) is 19.8 Å². The Morgan fingerprint density at radius 3 is 1.52 bits per heavy atom. The third-order valence-corrected chi connectivity index (χ3v) is 11.3. The third kappa shape index (κ3) is 19.4. The van der Waals surface area contributed by atoms with E-state index in [1.54, 1.807) is 0 Å². The molecule has 0 saturated carbocycles. The highest BCUT2D eigenvalue weighted by Gasteiger charge is 2.51. The predicted molar refractivity (Wildman–Crippen MR) is 212 cm³/mol. The minimum atomic E-state index is -1.78. The standard InChI is InChI=1S/C42H81NO13/c1-3-5-7-9-11-12-13-14-15-16-17-18-19-20-22-24-26-34(47)43-30(31(46)25-23-21-10-8-6-4-2)29-53-41-39(52)37(50)40(33(28-45)55-41)56-42-38(51)36(49)35(48)32(27-44)54-42/h30-33,35-42,44-46,48-52H,3-29H2,1-2H3,(H,43,47). The number of amides is 1. The van der Waals surface area contributed by atoms with Crippen LogP contribution in [0, 0.1) is 0 Å². The molecule has 0 aromatic carbocycles. The molecule has 56 heavy (non-hydrogen) atoms. The highest BCUT2D eigenvalue weighted by molar-refractivity contribution is 5.76. The van der Waals surface area contributed by atoms with Gasteiger partial charge in [-0.15, -0.1) is 0 Å². The van der Waals surface area contributed by atoms with E-state index in [-0.39, 0.29) is 12.5 Å². The molecule has 0 aliphatic carbocycles. The van der Waals surface area contributed by atoms with Crippen LogP contribution in [0.1, 0.15) is 168 Å². The monoisotopic (exact) mass is 808 g/mol. The van der Waals surface area contributed by atoms with Gasteiger partial charge in [-0.05, 0) is 12.8 Å². The van der Waals surface area contributed by atoms with Gasteiger partial charge in [0.15, 0.2) is 12.6 Å². The molecule has 1 amide bonds. The second-order valence-corrected chi connectivity index (χ2v) is 16.2. The molecule has 12 unspecified atom stereocenters. The molecule has 14 heteroatoms. The lowest BCUT2D eigenvalue weighted by Gasteiger charge is -2.46. The normalized spacial score (nSPS) is 29.3. The first kappa shape index (κ1) is 51.1. The van der Waals surface area contributed by atoms with Gasteiger partial charge in [-0.2, -0.15) is 0 Å². The summed E-state index contributed by atoms with van der Waals surface area (Å²) in [4.78, 5) is 13.0. The Balaban J connectivity index is 1.81. The molecule has 0 bridgehead atoms. The molecule has 0 aromatic rings. The maximum absolute atomic E-state index is 13.0. The zero-order valence-electron chi connectivity index (χ0n) is 34.6. The van der Waals surface area contributed by atoms with Crippen LogP contribution in [0.5, 0.6) is 0 Å². The minimum Gasteiger partial charge on any atom is -0.394 e. The van der Waals surface area contributed by atoms with E-state index in [2.05, 4.69) is 19.2 Å². The Bertz CT molecular complexity index is 962. The number of ether oxygens (including phenoxy) is 4. The topological polar surface area (TPSA) is 228 Å². The van der Waals surface area contributed by atoms with Crippen LogP contribution < -0.4 is 5.32 Å². The molecule has 2 fully saturated rings. The fourth-order valence-electron chi connectivity index (χ4n) is 7.59. The third-order valence-electron chi connectivity index (χ3n) is 11.3. The quantitative estimate of drug-likeness (QED) is 0.0430. The maximum Gasteiger partial charge on any atom is 0.220 e. The van der Waals surface area contributed by atoms with E-state index in [0.717, 1.165) is 64.2 Å². The largest absolute Gasteiger partial charge is 0.394 e. The number of nitrogens with one attached hydrogen (secondary N) is 1. The molecule has 2 heterocycles. The lowest BCUT2D eigenvalue weighted by Crippen LogP contribution is -2.65. The number of aliphatic hydroxyl groups is 8. The number of carbonyl (C=O) groups excluding carboxylic acids is 1. The van der Waals surface area contributed by atoms with Gasteiger partial charge in [-0.3, -0.25) is 4.79 Å². The lowest BCUT2D eigenvalue weighted by atomic mass is 9.97. The van der Waals surface area contributed by atoms with Gasteiger partial charge < -0.3 is 65.1 Å². The molecule has 0 spiro atoms. The van der Waals surface area contributed by atoms with Crippen LogP contribution in [0.4, 0.5) is 0 Å². The summed E-state index contributed by atoms with van der Waals surface area (Å²) in [5, 5.41) is 86.2. The maximum atomic E-state index is 13.0. The van der Waals surface area contributed by atoms with Crippen molar-refractivity contribution in [3.05, 3.63) is 0 Å². The average molecular weight is 808 g/mol. The van der Waals surface area contributed by atoms with Gasteiger partial charge in [0.1, 0.15) is 48.8 Å². The zero-order valence-corrected chi connectivity index (χ0v) is 34.6. The van der Waals surface area contributed by atoms with Crippen LogP contribution in [0.15, 0.2) is 0 Å². The van der Waals surface area contributed by atoms with Gasteiger partial charge in [0.2, 0.25) is 5.91 Å². The first-order valence-electron chi connectivity index (χ1n) is 22.3. The van der Waals surface area contributed by atoms with Gasteiger partial charge in [0, 0.05) is 6.42 Å². The first-order chi connectivity index (χ1) is 27.1. The summed E-state index contributed by atoms with van der Waals surface area (Å²) < 4.78 is 22.6. The van der Waals surface area contributed by atoms with E-state index in [4.69, 9.17) is 18.9 Å². The summed E-state index contributed by atoms with van der Waals surface area (Å²) in [5.74, 6) is -0.211. The number of unbranched alkanes of at least 4 members (excludes halogenated alkanes) is 20. The van der Waals surface area contributed by atoms with E-state index < -0.39 is 86.8 Å². The molecule has 2 saturated heterocycles. The summed E-state index contributed by atoms with van der Waals surface area (Å²) in [6, 6.07) is -0.817. The van der Waals surface area contributed by atoms with Crippen LogP contribution >= 0.6 is 0 Å². The van der Waals surface area contributed by atoms with Crippen molar-refractivity contribution in [2.45, 2.75) is 242 Å². The Morgan fingerprint density at radius 2 is 1.02 bits per heavy atom. The van der Waals surface area contributed by atoms with Crippen LogP contribution in [0.3, 0.4) is 0 Å². The molecule has 2 aliphatic heterocycles. The molecular formula is C42H81NO13. The van der Waals surface area contributed by atoms with Crippen molar-refractivity contribution in [1.29, 1.82) is 0 Å². The summed E-state index contributed by atoms with van der Waals surface area (Å²) in [6.45, 7) is 2.76. The minimum absolute atomic E-state index is 0.211. The molecule has 0 radical (unpaired) electrons. The highest BCUT2D eigenvalue weighted by Crippen LogP contribution is 2.30. The van der Waals surface area contributed by atoms with Crippen molar-refractivity contribution in [3.63, 3.8) is 0 Å². The van der Waals surface area contributed by atoms with Crippen molar-refractivity contribution in [2.24, 2.45) is 0 Å². The number of rotatable bonds is 33. The van der Waals surface area contributed by atoms with Crippen LogP contribution in [0.25, 0.3) is 0 Å². The van der Waals surface area contributed by atoms with Crippen molar-refractivity contribution in [1.82, 2.24) is 5.32 Å². The van der Waals surface area contributed by atoms with E-state index in [0.29, 0.717) is 12.8 Å². The van der Waals surface area contributed by atoms with Gasteiger partial charge in [0.25, 0.3) is 0 Å². The average Bonchev–Trinajstić information content (AvgIpc) is 3.19. The fraction of sp³-hybridized carbons (Fsp3) is 0.976. The van der Waals surface area contributed by atoms with Crippen LogP contribution in [-0.4, -0.2) is 140 Å². The molecular weight excluding hydrogens is 726 g/mol. The molecule has 14 nitrogen and oxygen atoms in total. The molecule has 0 aromatic heterocycles. The van der Waals surface area contributed by atoms with E-state index >= 15 is 0 Å². The fourth-order valence-corrected chi connectivity index (χ4v) is 7.59. The number of carbonyl (C=O) groups is 1. The Hall–Kier alpha value is -1.01. The van der Waals surface area contributed by atoms with Crippen molar-refractivity contribution >= 4 is 5.91 Å². The first-order valence-corrected chi connectivity index (χ1v) is 22.3. The molecule has 332 valence electrons. The SMILES string of the molecule is CCCCCCCCCCCCCCCCCCC(=O)NC(COC1OC(CO)C(OC2OC(CO)C(O)C(O)C2O)C(O)C1O)C(O)CCCCCCCC. The van der Waals surface area contributed by atoms with Gasteiger partial charge >= 0.3 is 0 Å². The van der Waals surface area contributed by atoms with E-state index in [1.165, 1.54) is 77.0 Å². The van der Waals surface area contributed by atoms with Crippen molar-refractivity contribution in [3.8, 4) is 0 Å². The van der Waals surface area contributed by atoms with Crippen molar-refractivity contribution < 1.29 is 64.6 Å².